The normalized spacial score (nSPS) is 16.6. The highest BCUT2D eigenvalue weighted by molar-refractivity contribution is 5.89. The number of benzene rings is 1. The average Bonchev–Trinajstić information content (AvgIpc) is 3.18. The maximum Gasteiger partial charge on any atom is 0.407 e. The predicted octanol–water partition coefficient (Wildman–Crippen LogP) is 4.02. The summed E-state index contributed by atoms with van der Waals surface area (Å²) < 4.78 is 20.1. The van der Waals surface area contributed by atoms with E-state index in [1.807, 2.05) is 43.9 Å². The Labute approximate surface area is 185 Å². The highest BCUT2D eigenvalue weighted by Crippen LogP contribution is 2.33. The number of hydrogen-bond donors (Lipinski definition) is 1. The zero-order valence-electron chi connectivity index (χ0n) is 18.2. The van der Waals surface area contributed by atoms with E-state index >= 15 is 0 Å². The summed E-state index contributed by atoms with van der Waals surface area (Å²) in [5, 5.41) is 2.86. The van der Waals surface area contributed by atoms with Gasteiger partial charge in [-0.05, 0) is 44.9 Å². The van der Waals surface area contributed by atoms with Crippen molar-refractivity contribution in [3.05, 3.63) is 54.4 Å². The number of rotatable bonds is 4. The van der Waals surface area contributed by atoms with Gasteiger partial charge in [0.05, 0.1) is 29.5 Å². The van der Waals surface area contributed by atoms with Gasteiger partial charge in [-0.15, -0.1) is 0 Å². The van der Waals surface area contributed by atoms with Gasteiger partial charge < -0.3 is 15.0 Å². The minimum atomic E-state index is -0.574. The van der Waals surface area contributed by atoms with E-state index in [0.29, 0.717) is 30.9 Å². The Bertz CT molecular complexity index is 1160. The number of hydrogen-bond acceptors (Lipinski definition) is 7. The van der Waals surface area contributed by atoms with Crippen molar-refractivity contribution >= 4 is 34.7 Å². The fraction of sp³-hybridized carbons (Fsp3) is 0.348. The lowest BCUT2D eigenvalue weighted by atomic mass is 10.2. The summed E-state index contributed by atoms with van der Waals surface area (Å²) >= 11 is 0. The molecule has 1 aliphatic heterocycles. The van der Waals surface area contributed by atoms with Crippen LogP contribution in [-0.4, -0.2) is 52.0 Å². The maximum atomic E-state index is 14.7. The van der Waals surface area contributed by atoms with Crippen LogP contribution in [0.1, 0.15) is 32.8 Å². The van der Waals surface area contributed by atoms with Gasteiger partial charge in [0.1, 0.15) is 17.0 Å². The highest BCUT2D eigenvalue weighted by atomic mass is 19.1. The summed E-state index contributed by atoms with van der Waals surface area (Å²) in [5.74, 6) is -0.457. The Morgan fingerprint density at radius 3 is 2.81 bits per heavy atom. The van der Waals surface area contributed by atoms with Crippen LogP contribution in [-0.2, 0) is 4.74 Å². The summed E-state index contributed by atoms with van der Waals surface area (Å²) in [6.07, 6.45) is 7.83. The molecule has 1 aromatic carbocycles. The third-order valence-corrected chi connectivity index (χ3v) is 4.92. The molecule has 0 unspecified atom stereocenters. The van der Waals surface area contributed by atoms with Crippen LogP contribution in [0.3, 0.4) is 0 Å². The number of alkyl carbamates (subject to hydrolysis) is 1. The topological polar surface area (TPSA) is 92.6 Å². The molecule has 3 aromatic rings. The molecule has 1 atom stereocenters. The smallest absolute Gasteiger partial charge is 0.407 e. The Morgan fingerprint density at radius 2 is 2.03 bits per heavy atom. The molecule has 1 amide bonds. The van der Waals surface area contributed by atoms with Crippen molar-refractivity contribution in [1.29, 1.82) is 0 Å². The molecular formula is C23H25FN6O2. The first kappa shape index (κ1) is 21.6. The van der Waals surface area contributed by atoms with Gasteiger partial charge in [0, 0.05) is 31.7 Å². The van der Waals surface area contributed by atoms with Crippen LogP contribution in [0, 0.1) is 5.82 Å². The molecule has 3 heterocycles. The summed E-state index contributed by atoms with van der Waals surface area (Å²) in [5.41, 5.74) is 2.57. The van der Waals surface area contributed by atoms with E-state index in [4.69, 9.17) is 4.74 Å². The van der Waals surface area contributed by atoms with Crippen LogP contribution < -0.4 is 10.2 Å². The molecule has 4 rings (SSSR count). The highest BCUT2D eigenvalue weighted by Gasteiger charge is 2.29. The molecule has 1 aliphatic rings. The Hall–Kier alpha value is -3.62. The van der Waals surface area contributed by atoms with E-state index in [0.717, 1.165) is 16.6 Å². The molecule has 0 spiro atoms. The van der Waals surface area contributed by atoms with Gasteiger partial charge in [-0.2, -0.15) is 0 Å². The largest absolute Gasteiger partial charge is 0.444 e. The molecular weight excluding hydrogens is 411 g/mol. The van der Waals surface area contributed by atoms with Gasteiger partial charge in [-0.3, -0.25) is 19.9 Å². The third-order valence-electron chi connectivity index (χ3n) is 4.92. The molecule has 166 valence electrons. The molecule has 32 heavy (non-hydrogen) atoms. The Kier molecular flexibility index (Phi) is 5.98. The lowest BCUT2D eigenvalue weighted by Gasteiger charge is -2.23. The molecule has 0 radical (unpaired) electrons. The average molecular weight is 436 g/mol. The molecule has 2 aromatic heterocycles. The maximum absolute atomic E-state index is 14.7. The second kappa shape index (κ2) is 8.86. The second-order valence-corrected chi connectivity index (χ2v) is 8.63. The fourth-order valence-corrected chi connectivity index (χ4v) is 3.59. The number of nitrogens with one attached hydrogen (secondary N) is 1. The summed E-state index contributed by atoms with van der Waals surface area (Å²) in [4.78, 5) is 30.9. The molecule has 0 aliphatic carbocycles. The van der Waals surface area contributed by atoms with E-state index in [1.165, 1.54) is 12.4 Å². The van der Waals surface area contributed by atoms with Gasteiger partial charge in [-0.25, -0.2) is 9.18 Å². The van der Waals surface area contributed by atoms with Gasteiger partial charge >= 0.3 is 6.09 Å². The minimum Gasteiger partial charge on any atom is -0.444 e. The molecule has 0 bridgehead atoms. The zero-order valence-corrected chi connectivity index (χ0v) is 18.2. The SMILES string of the molecule is CC(C)(C)OC(=O)N[C@H]1CCN(c2c(F)cncc2N=Cc2ccc3nccnc3c2)C1. The minimum absolute atomic E-state index is 0.145. The lowest BCUT2D eigenvalue weighted by Crippen LogP contribution is -2.40. The van der Waals surface area contributed by atoms with Gasteiger partial charge in [0.15, 0.2) is 5.82 Å². The number of amides is 1. The van der Waals surface area contributed by atoms with Crippen molar-refractivity contribution in [2.24, 2.45) is 4.99 Å². The Balaban J connectivity index is 1.50. The second-order valence-electron chi connectivity index (χ2n) is 8.63. The van der Waals surface area contributed by atoms with Gasteiger partial charge in [0.25, 0.3) is 0 Å². The number of ether oxygens (including phenoxy) is 1. The number of anilines is 1. The van der Waals surface area contributed by atoms with Gasteiger partial charge in [0.2, 0.25) is 0 Å². The number of nitrogens with zero attached hydrogens (tertiary/aromatic N) is 5. The number of carbonyl (C=O) groups excluding carboxylic acids is 1. The first-order valence-corrected chi connectivity index (χ1v) is 10.4. The van der Waals surface area contributed by atoms with Crippen LogP contribution >= 0.6 is 0 Å². The molecule has 0 saturated carbocycles. The van der Waals surface area contributed by atoms with Crippen molar-refractivity contribution in [2.75, 3.05) is 18.0 Å². The molecule has 9 heteroatoms. The van der Waals surface area contributed by atoms with E-state index < -0.39 is 17.5 Å². The van der Waals surface area contributed by atoms with E-state index in [9.17, 15) is 9.18 Å². The quantitative estimate of drug-likeness (QED) is 0.621. The van der Waals surface area contributed by atoms with Crippen LogP contribution in [0.5, 0.6) is 0 Å². The standard InChI is InChI=1S/C23H25FN6O2/c1-23(2,3)32-22(31)29-16-6-9-30(14-16)21-17(24)12-25-13-20(21)28-11-15-4-5-18-19(10-15)27-8-7-26-18/h4-5,7-8,10-13,16H,6,9,14H2,1-3H3,(H,29,31)/t16-/m0/s1. The van der Waals surface area contributed by atoms with Crippen LogP contribution in [0.15, 0.2) is 48.0 Å². The fourth-order valence-electron chi connectivity index (χ4n) is 3.59. The first-order valence-electron chi connectivity index (χ1n) is 10.4. The van der Waals surface area contributed by atoms with E-state index in [1.54, 1.807) is 18.6 Å². The summed E-state index contributed by atoms with van der Waals surface area (Å²) in [6.45, 7) is 6.47. The van der Waals surface area contributed by atoms with Crippen molar-refractivity contribution in [3.63, 3.8) is 0 Å². The lowest BCUT2D eigenvalue weighted by molar-refractivity contribution is 0.0509. The van der Waals surface area contributed by atoms with Gasteiger partial charge in [-0.1, -0.05) is 6.07 Å². The van der Waals surface area contributed by atoms with E-state index in [-0.39, 0.29) is 6.04 Å². The first-order chi connectivity index (χ1) is 15.3. The molecule has 1 N–H and O–H groups in total. The summed E-state index contributed by atoms with van der Waals surface area (Å²) in [6, 6.07) is 5.47. The number of aliphatic imine (C=N–C) groups is 1. The number of aromatic nitrogens is 3. The van der Waals surface area contributed by atoms with E-state index in [2.05, 4.69) is 25.3 Å². The Morgan fingerprint density at radius 1 is 1.25 bits per heavy atom. The zero-order chi connectivity index (χ0) is 22.7. The third kappa shape index (κ3) is 5.16. The van der Waals surface area contributed by atoms with Crippen LogP contribution in [0.2, 0.25) is 0 Å². The number of fused-ring (bicyclic) bond motifs is 1. The number of pyridine rings is 1. The van der Waals surface area contributed by atoms with Crippen molar-refractivity contribution in [1.82, 2.24) is 20.3 Å². The van der Waals surface area contributed by atoms with Crippen molar-refractivity contribution in [2.45, 2.75) is 38.8 Å². The number of carbonyl (C=O) groups is 1. The van der Waals surface area contributed by atoms with Crippen LogP contribution in [0.25, 0.3) is 11.0 Å². The van der Waals surface area contributed by atoms with Crippen LogP contribution in [0.4, 0.5) is 20.6 Å². The summed E-state index contributed by atoms with van der Waals surface area (Å²) in [7, 11) is 0. The molecule has 1 saturated heterocycles. The monoisotopic (exact) mass is 436 g/mol. The number of halogens is 1. The van der Waals surface area contributed by atoms with Crippen molar-refractivity contribution in [3.8, 4) is 0 Å². The van der Waals surface area contributed by atoms with Crippen molar-refractivity contribution < 1.29 is 13.9 Å². The predicted molar refractivity (Wildman–Crippen MR) is 121 cm³/mol. The molecule has 8 nitrogen and oxygen atoms in total. The molecule has 1 fully saturated rings.